The second-order valence-corrected chi connectivity index (χ2v) is 11.1. The molecule has 178 valence electrons. The Hall–Kier alpha value is -3.27. The highest BCUT2D eigenvalue weighted by Crippen LogP contribution is 2.29. The number of ether oxygens (including phenoxy) is 1. The zero-order valence-corrected chi connectivity index (χ0v) is 20.2. The zero-order valence-electron chi connectivity index (χ0n) is 18.5. The van der Waals surface area contributed by atoms with Gasteiger partial charge in [-0.05, 0) is 43.2 Å². The monoisotopic (exact) mass is 499 g/mol. The number of hydrogen-bond donors (Lipinski definition) is 0. The van der Waals surface area contributed by atoms with Gasteiger partial charge in [-0.15, -0.1) is 0 Å². The van der Waals surface area contributed by atoms with Gasteiger partial charge >= 0.3 is 5.97 Å². The predicted molar refractivity (Wildman–Crippen MR) is 129 cm³/mol. The molecule has 0 amide bonds. The summed E-state index contributed by atoms with van der Waals surface area (Å²) in [6.45, 7) is 1.76. The molecule has 0 aliphatic heterocycles. The van der Waals surface area contributed by atoms with Crippen LogP contribution in [0.15, 0.2) is 113 Å². The fourth-order valence-electron chi connectivity index (χ4n) is 3.33. The molecule has 0 saturated carbocycles. The Kier molecular flexibility index (Phi) is 8.38. The smallest absolute Gasteiger partial charge is 0.330 e. The van der Waals surface area contributed by atoms with Crippen LogP contribution in [0.5, 0.6) is 0 Å². The highest BCUT2D eigenvalue weighted by Gasteiger charge is 2.41. The van der Waals surface area contributed by atoms with Crippen molar-refractivity contribution in [2.75, 3.05) is 6.61 Å². The van der Waals surface area contributed by atoms with Crippen molar-refractivity contribution >= 4 is 26.0 Å². The van der Waals surface area contributed by atoms with Gasteiger partial charge < -0.3 is 4.74 Å². The maximum atomic E-state index is 13.8. The van der Waals surface area contributed by atoms with Crippen LogP contribution in [0, 0.1) is 0 Å². The third kappa shape index (κ3) is 5.99. The highest BCUT2D eigenvalue weighted by atomic mass is 32.3. The first-order valence-electron chi connectivity index (χ1n) is 10.6. The molecule has 0 heterocycles. The van der Waals surface area contributed by atoms with Crippen molar-refractivity contribution in [2.24, 2.45) is 0 Å². The molecule has 0 aromatic heterocycles. The molecule has 7 nitrogen and oxygen atoms in total. The minimum atomic E-state index is -4.54. The molecule has 0 spiro atoms. The van der Waals surface area contributed by atoms with Gasteiger partial charge in [-0.2, -0.15) is 0 Å². The Morgan fingerprint density at radius 1 is 0.794 bits per heavy atom. The van der Waals surface area contributed by atoms with Gasteiger partial charge in [0.05, 0.1) is 22.4 Å². The maximum Gasteiger partial charge on any atom is 0.330 e. The van der Waals surface area contributed by atoms with Gasteiger partial charge in [-0.1, -0.05) is 76.5 Å². The lowest BCUT2D eigenvalue weighted by molar-refractivity contribution is -0.137. The second-order valence-electron chi connectivity index (χ2n) is 7.23. The minimum absolute atomic E-state index is 0.00880. The SMILES string of the molecule is CCOC(=O)/C=C/C(Cc1ccccc1)N(S(=O)(=O)c1ccccc1)S(=O)(=O)c1ccccc1. The van der Waals surface area contributed by atoms with E-state index in [1.165, 1.54) is 54.6 Å². The molecule has 0 N–H and O–H groups in total. The molecule has 0 saturated heterocycles. The summed E-state index contributed by atoms with van der Waals surface area (Å²) in [7, 11) is -9.09. The summed E-state index contributed by atoms with van der Waals surface area (Å²) in [6.07, 6.45) is 2.33. The van der Waals surface area contributed by atoms with E-state index in [4.69, 9.17) is 4.74 Å². The van der Waals surface area contributed by atoms with E-state index in [0.717, 1.165) is 6.08 Å². The van der Waals surface area contributed by atoms with Crippen LogP contribution in [0.1, 0.15) is 12.5 Å². The van der Waals surface area contributed by atoms with Crippen molar-refractivity contribution in [3.05, 3.63) is 109 Å². The standard InChI is InChI=1S/C25H25NO6S2/c1-2-32-25(27)19-18-22(20-21-12-6-3-7-13-21)26(33(28,29)23-14-8-4-9-15-23)34(30,31)24-16-10-5-11-17-24/h3-19,22H,2,20H2,1H3/b19-18+. The minimum Gasteiger partial charge on any atom is -0.463 e. The predicted octanol–water partition coefficient (Wildman–Crippen LogP) is 3.80. The molecule has 3 aromatic carbocycles. The van der Waals surface area contributed by atoms with E-state index in [1.807, 2.05) is 0 Å². The summed E-state index contributed by atoms with van der Waals surface area (Å²) in [5.74, 6) is -0.699. The van der Waals surface area contributed by atoms with Gasteiger partial charge in [0.25, 0.3) is 20.0 Å². The van der Waals surface area contributed by atoms with Crippen LogP contribution in [0.3, 0.4) is 0 Å². The molecule has 0 radical (unpaired) electrons. The highest BCUT2D eigenvalue weighted by molar-refractivity contribution is 8.04. The van der Waals surface area contributed by atoms with Gasteiger partial charge in [-0.3, -0.25) is 0 Å². The summed E-state index contributed by atoms with van der Waals surface area (Å²) in [6, 6.07) is 22.3. The molecular weight excluding hydrogens is 474 g/mol. The second kappa shape index (κ2) is 11.2. The number of hydrogen-bond acceptors (Lipinski definition) is 6. The first-order chi connectivity index (χ1) is 16.3. The van der Waals surface area contributed by atoms with Gasteiger partial charge in [-0.25, -0.2) is 21.6 Å². The van der Waals surface area contributed by atoms with Crippen LogP contribution in [0.4, 0.5) is 0 Å². The van der Waals surface area contributed by atoms with E-state index in [2.05, 4.69) is 0 Å². The molecule has 0 aliphatic rings. The maximum absolute atomic E-state index is 13.8. The lowest BCUT2D eigenvalue weighted by Gasteiger charge is -2.28. The number of nitrogens with zero attached hydrogens (tertiary/aromatic N) is 1. The Labute approximate surface area is 200 Å². The topological polar surface area (TPSA) is 97.8 Å². The fraction of sp³-hybridized carbons (Fsp3) is 0.160. The quantitative estimate of drug-likeness (QED) is 0.311. The van der Waals surface area contributed by atoms with Crippen molar-refractivity contribution in [1.29, 1.82) is 0 Å². The van der Waals surface area contributed by atoms with E-state index >= 15 is 0 Å². The third-order valence-corrected chi connectivity index (χ3v) is 9.26. The van der Waals surface area contributed by atoms with Gasteiger partial charge in [0.15, 0.2) is 0 Å². The van der Waals surface area contributed by atoms with Crippen LogP contribution in [-0.4, -0.2) is 39.2 Å². The summed E-state index contributed by atoms with van der Waals surface area (Å²) < 4.78 is 60.4. The number of esters is 1. The van der Waals surface area contributed by atoms with Crippen LogP contribution in [0.25, 0.3) is 0 Å². The van der Waals surface area contributed by atoms with Gasteiger partial charge in [0, 0.05) is 6.08 Å². The zero-order chi connectivity index (χ0) is 24.6. The Morgan fingerprint density at radius 2 is 1.24 bits per heavy atom. The van der Waals surface area contributed by atoms with Gasteiger partial charge in [0.2, 0.25) is 0 Å². The summed E-state index contributed by atoms with van der Waals surface area (Å²) in [5, 5.41) is 0. The van der Waals surface area contributed by atoms with Crippen LogP contribution in [-0.2, 0) is 36.0 Å². The Morgan fingerprint density at radius 3 is 1.68 bits per heavy atom. The first kappa shape index (κ1) is 25.4. The summed E-state index contributed by atoms with van der Waals surface area (Å²) in [5.41, 5.74) is 0.692. The molecule has 1 atom stereocenters. The number of benzene rings is 3. The van der Waals surface area contributed by atoms with E-state index in [0.29, 0.717) is 9.27 Å². The molecule has 3 aromatic rings. The largest absolute Gasteiger partial charge is 0.463 e. The molecule has 0 aliphatic carbocycles. The molecule has 3 rings (SSSR count). The molecule has 9 heteroatoms. The molecule has 0 bridgehead atoms. The molecule has 0 fully saturated rings. The molecule has 34 heavy (non-hydrogen) atoms. The fourth-order valence-corrected chi connectivity index (χ4v) is 7.30. The van der Waals surface area contributed by atoms with Crippen LogP contribution >= 0.6 is 0 Å². The van der Waals surface area contributed by atoms with Crippen molar-refractivity contribution in [1.82, 2.24) is 3.71 Å². The van der Waals surface area contributed by atoms with E-state index in [1.54, 1.807) is 49.4 Å². The third-order valence-electron chi connectivity index (χ3n) is 4.86. The molecule has 1 unspecified atom stereocenters. The summed E-state index contributed by atoms with van der Waals surface area (Å²) in [4.78, 5) is 11.7. The Bertz CT molecular complexity index is 1250. The first-order valence-corrected chi connectivity index (χ1v) is 13.4. The number of carbonyl (C=O) groups is 1. The van der Waals surface area contributed by atoms with Crippen LogP contribution in [0.2, 0.25) is 0 Å². The summed E-state index contributed by atoms with van der Waals surface area (Å²) >= 11 is 0. The molecular formula is C25H25NO6S2. The van der Waals surface area contributed by atoms with E-state index < -0.39 is 32.1 Å². The van der Waals surface area contributed by atoms with Gasteiger partial charge in [0.1, 0.15) is 0 Å². The average Bonchev–Trinajstić information content (AvgIpc) is 2.84. The van der Waals surface area contributed by atoms with E-state index in [9.17, 15) is 21.6 Å². The number of carbonyl (C=O) groups excluding carboxylic acids is 1. The van der Waals surface area contributed by atoms with Crippen molar-refractivity contribution in [3.63, 3.8) is 0 Å². The van der Waals surface area contributed by atoms with Crippen molar-refractivity contribution in [2.45, 2.75) is 29.2 Å². The number of rotatable bonds is 10. The Balaban J connectivity index is 2.21. The normalized spacial score (nSPS) is 13.1. The lowest BCUT2D eigenvalue weighted by Crippen LogP contribution is -2.44. The number of sulfonamides is 2. The van der Waals surface area contributed by atoms with Crippen molar-refractivity contribution in [3.8, 4) is 0 Å². The average molecular weight is 500 g/mol. The lowest BCUT2D eigenvalue weighted by atomic mass is 10.1. The van der Waals surface area contributed by atoms with Crippen molar-refractivity contribution < 1.29 is 26.4 Å². The van der Waals surface area contributed by atoms with E-state index in [-0.39, 0.29) is 22.8 Å². The van der Waals surface area contributed by atoms with Crippen LogP contribution < -0.4 is 0 Å².